The number of carboxylic acids is 1. The van der Waals surface area contributed by atoms with Crippen LogP contribution in [0.15, 0.2) is 0 Å². The molecule has 0 aliphatic rings. The van der Waals surface area contributed by atoms with Crippen LogP contribution in [-0.2, 0) is 14.3 Å². The van der Waals surface area contributed by atoms with Crippen molar-refractivity contribution in [2.45, 2.75) is 39.7 Å². The second-order valence-corrected chi connectivity index (χ2v) is 4.62. The molecule has 1 aromatic heterocycles. The Labute approximate surface area is 122 Å². The highest BCUT2D eigenvalue weighted by molar-refractivity contribution is 6.05. The summed E-state index contributed by atoms with van der Waals surface area (Å²) in [6, 6.07) is -0.124. The fourth-order valence-electron chi connectivity index (χ4n) is 1.78. The van der Waals surface area contributed by atoms with Crippen LogP contribution < -0.4 is 5.32 Å². The molecule has 1 atom stereocenters. The van der Waals surface area contributed by atoms with Gasteiger partial charge in [-0.05, 0) is 20.3 Å². The van der Waals surface area contributed by atoms with Gasteiger partial charge in [-0.3, -0.25) is 14.3 Å². The van der Waals surface area contributed by atoms with Gasteiger partial charge in [0.25, 0.3) is 0 Å². The van der Waals surface area contributed by atoms with Crippen molar-refractivity contribution in [1.29, 1.82) is 0 Å². The molecule has 0 saturated carbocycles. The lowest BCUT2D eigenvalue weighted by atomic mass is 10.2. The number of esters is 1. The van der Waals surface area contributed by atoms with Crippen molar-refractivity contribution >= 4 is 23.5 Å². The Bertz CT molecular complexity index is 564. The molecule has 0 spiro atoms. The summed E-state index contributed by atoms with van der Waals surface area (Å²) in [5, 5.41) is 15.9. The molecule has 1 heterocycles. The summed E-state index contributed by atoms with van der Waals surface area (Å²) in [6.07, 6.45) is 0.209. The number of methoxy groups -OCH3 is 1. The van der Waals surface area contributed by atoms with Crippen LogP contribution in [0.4, 0.5) is 5.69 Å². The van der Waals surface area contributed by atoms with Crippen LogP contribution >= 0.6 is 0 Å². The zero-order valence-corrected chi connectivity index (χ0v) is 12.5. The molecule has 8 heteroatoms. The number of aromatic nitrogens is 2. The standard InChI is InChI=1S/C13H19N3O5/c1-5-7(2)16-12(13(19)20)11(8(3)15-16)14-9(17)6-10(18)21-4/h7H,5-6H2,1-4H3,(H,14,17)(H,19,20). The summed E-state index contributed by atoms with van der Waals surface area (Å²) in [7, 11) is 1.17. The molecule has 0 fully saturated rings. The molecule has 1 aromatic rings. The molecule has 0 radical (unpaired) electrons. The van der Waals surface area contributed by atoms with Gasteiger partial charge in [0, 0.05) is 6.04 Å². The van der Waals surface area contributed by atoms with E-state index in [-0.39, 0.29) is 17.4 Å². The Morgan fingerprint density at radius 1 is 1.43 bits per heavy atom. The molecule has 2 N–H and O–H groups in total. The highest BCUT2D eigenvalue weighted by atomic mass is 16.5. The molecule has 1 rings (SSSR count). The number of anilines is 1. The summed E-state index contributed by atoms with van der Waals surface area (Å²) in [5.74, 6) is -2.53. The van der Waals surface area contributed by atoms with Gasteiger partial charge in [0.1, 0.15) is 6.42 Å². The number of hydrogen-bond acceptors (Lipinski definition) is 5. The Hall–Kier alpha value is -2.38. The van der Waals surface area contributed by atoms with Gasteiger partial charge in [0.05, 0.1) is 18.5 Å². The SMILES string of the molecule is CCC(C)n1nc(C)c(NC(=O)CC(=O)OC)c1C(=O)O. The predicted octanol–water partition coefficient (Wildman–Crippen LogP) is 1.36. The van der Waals surface area contributed by atoms with Gasteiger partial charge >= 0.3 is 11.9 Å². The zero-order valence-electron chi connectivity index (χ0n) is 12.5. The second-order valence-electron chi connectivity index (χ2n) is 4.62. The van der Waals surface area contributed by atoms with Crippen LogP contribution in [0.2, 0.25) is 0 Å². The average molecular weight is 297 g/mol. The Kier molecular flexibility index (Phi) is 5.45. The number of nitrogens with zero attached hydrogens (tertiary/aromatic N) is 2. The van der Waals surface area contributed by atoms with Crippen molar-refractivity contribution in [3.05, 3.63) is 11.4 Å². The van der Waals surface area contributed by atoms with Crippen LogP contribution in [0.3, 0.4) is 0 Å². The van der Waals surface area contributed by atoms with Crippen LogP contribution in [0.1, 0.15) is 48.9 Å². The van der Waals surface area contributed by atoms with Gasteiger partial charge in [0.15, 0.2) is 5.69 Å². The molecule has 0 aliphatic heterocycles. The number of rotatable bonds is 6. The summed E-state index contributed by atoms with van der Waals surface area (Å²) in [5.41, 5.74) is 0.391. The van der Waals surface area contributed by atoms with Crippen molar-refractivity contribution in [2.75, 3.05) is 12.4 Å². The van der Waals surface area contributed by atoms with E-state index < -0.39 is 24.3 Å². The lowest BCUT2D eigenvalue weighted by Crippen LogP contribution is -2.20. The van der Waals surface area contributed by atoms with E-state index in [4.69, 9.17) is 0 Å². The maximum absolute atomic E-state index is 11.7. The Balaban J connectivity index is 3.12. The summed E-state index contributed by atoms with van der Waals surface area (Å²) >= 11 is 0. The molecule has 0 aromatic carbocycles. The number of nitrogens with one attached hydrogen (secondary N) is 1. The average Bonchev–Trinajstić information content (AvgIpc) is 2.74. The molecule has 8 nitrogen and oxygen atoms in total. The number of aryl methyl sites for hydroxylation is 1. The molecule has 0 saturated heterocycles. The molecule has 1 unspecified atom stereocenters. The first-order valence-electron chi connectivity index (χ1n) is 6.50. The predicted molar refractivity (Wildman–Crippen MR) is 74.2 cm³/mol. The minimum absolute atomic E-state index is 0.0972. The smallest absolute Gasteiger partial charge is 0.356 e. The van der Waals surface area contributed by atoms with E-state index in [0.29, 0.717) is 12.1 Å². The molecule has 116 valence electrons. The minimum Gasteiger partial charge on any atom is -0.476 e. The molecule has 21 heavy (non-hydrogen) atoms. The first-order valence-corrected chi connectivity index (χ1v) is 6.50. The third-order valence-corrected chi connectivity index (χ3v) is 3.09. The molecular weight excluding hydrogens is 278 g/mol. The van der Waals surface area contributed by atoms with E-state index >= 15 is 0 Å². The van der Waals surface area contributed by atoms with Gasteiger partial charge in [-0.1, -0.05) is 6.92 Å². The molecule has 1 amide bonds. The van der Waals surface area contributed by atoms with Gasteiger partial charge in [-0.2, -0.15) is 5.10 Å². The van der Waals surface area contributed by atoms with E-state index in [1.807, 2.05) is 13.8 Å². The number of carbonyl (C=O) groups is 3. The van der Waals surface area contributed by atoms with Crippen LogP contribution in [0, 0.1) is 6.92 Å². The van der Waals surface area contributed by atoms with Crippen LogP contribution in [0.5, 0.6) is 0 Å². The largest absolute Gasteiger partial charge is 0.476 e. The first kappa shape index (κ1) is 16.7. The highest BCUT2D eigenvalue weighted by Crippen LogP contribution is 2.25. The van der Waals surface area contributed by atoms with Crippen molar-refractivity contribution < 1.29 is 24.2 Å². The zero-order chi connectivity index (χ0) is 16.2. The van der Waals surface area contributed by atoms with Gasteiger partial charge in [-0.15, -0.1) is 0 Å². The van der Waals surface area contributed by atoms with Crippen LogP contribution in [-0.4, -0.2) is 39.8 Å². The monoisotopic (exact) mass is 297 g/mol. The third kappa shape index (κ3) is 3.80. The third-order valence-electron chi connectivity index (χ3n) is 3.09. The Morgan fingerprint density at radius 2 is 2.05 bits per heavy atom. The second kappa shape index (κ2) is 6.87. The molecule has 0 aliphatic carbocycles. The normalized spacial score (nSPS) is 11.8. The van der Waals surface area contributed by atoms with Crippen molar-refractivity contribution in [3.8, 4) is 0 Å². The lowest BCUT2D eigenvalue weighted by molar-refractivity contribution is -0.142. The maximum atomic E-state index is 11.7. The number of aromatic carboxylic acids is 1. The van der Waals surface area contributed by atoms with E-state index in [2.05, 4.69) is 15.2 Å². The number of hydrogen-bond donors (Lipinski definition) is 2. The van der Waals surface area contributed by atoms with Crippen molar-refractivity contribution in [1.82, 2.24) is 9.78 Å². The van der Waals surface area contributed by atoms with Crippen molar-refractivity contribution in [2.24, 2.45) is 0 Å². The Morgan fingerprint density at radius 3 is 2.52 bits per heavy atom. The quantitative estimate of drug-likeness (QED) is 0.606. The van der Waals surface area contributed by atoms with E-state index in [1.54, 1.807) is 6.92 Å². The first-order chi connectivity index (χ1) is 9.81. The maximum Gasteiger partial charge on any atom is 0.356 e. The minimum atomic E-state index is -1.19. The van der Waals surface area contributed by atoms with E-state index in [0.717, 1.165) is 0 Å². The summed E-state index contributed by atoms with van der Waals surface area (Å²) in [4.78, 5) is 34.2. The van der Waals surface area contributed by atoms with Gasteiger partial charge < -0.3 is 15.2 Å². The number of carboxylic acid groups (broad SMARTS) is 1. The van der Waals surface area contributed by atoms with Gasteiger partial charge in [-0.25, -0.2) is 4.79 Å². The fraction of sp³-hybridized carbons (Fsp3) is 0.538. The van der Waals surface area contributed by atoms with E-state index in [1.165, 1.54) is 11.8 Å². The number of amides is 1. The summed E-state index contributed by atoms with van der Waals surface area (Å²) < 4.78 is 5.76. The lowest BCUT2D eigenvalue weighted by Gasteiger charge is -2.12. The number of carbonyl (C=O) groups excluding carboxylic acids is 2. The molecule has 0 bridgehead atoms. The highest BCUT2D eigenvalue weighted by Gasteiger charge is 2.25. The van der Waals surface area contributed by atoms with Crippen molar-refractivity contribution in [3.63, 3.8) is 0 Å². The van der Waals surface area contributed by atoms with Crippen LogP contribution in [0.25, 0.3) is 0 Å². The fourth-order valence-corrected chi connectivity index (χ4v) is 1.78. The number of ether oxygens (including phenoxy) is 1. The topological polar surface area (TPSA) is 111 Å². The van der Waals surface area contributed by atoms with Gasteiger partial charge in [0.2, 0.25) is 5.91 Å². The van der Waals surface area contributed by atoms with E-state index in [9.17, 15) is 19.5 Å². The molecular formula is C13H19N3O5. The summed E-state index contributed by atoms with van der Waals surface area (Å²) in [6.45, 7) is 5.33.